The molecule has 0 fully saturated rings. The van der Waals surface area contributed by atoms with Gasteiger partial charge in [0.05, 0.1) is 25.6 Å². The van der Waals surface area contributed by atoms with Crippen molar-refractivity contribution in [3.05, 3.63) is 24.3 Å². The molecule has 140 valence electrons. The summed E-state index contributed by atoms with van der Waals surface area (Å²) in [6.07, 6.45) is 3.75. The van der Waals surface area contributed by atoms with Crippen LogP contribution in [-0.4, -0.2) is 30.5 Å². The fourth-order valence-corrected chi connectivity index (χ4v) is 2.26. The van der Waals surface area contributed by atoms with Crippen LogP contribution in [0.15, 0.2) is 24.3 Å². The van der Waals surface area contributed by atoms with Crippen LogP contribution in [0.4, 0.5) is 0 Å². The van der Waals surface area contributed by atoms with Gasteiger partial charge in [-0.15, -0.1) is 11.6 Å². The SMILES string of the molecule is CC(C)Oc1ccccc1OC(=O)CCC(=O)OCCCCCCCl. The third-order valence-electron chi connectivity index (χ3n) is 3.26. The lowest BCUT2D eigenvalue weighted by Gasteiger charge is -2.13. The lowest BCUT2D eigenvalue weighted by atomic mass is 10.2. The molecule has 0 bridgehead atoms. The van der Waals surface area contributed by atoms with Gasteiger partial charge in [-0.25, -0.2) is 0 Å². The number of unbranched alkanes of at least 4 members (excludes halogenated alkanes) is 3. The Balaban J connectivity index is 2.27. The lowest BCUT2D eigenvalue weighted by Crippen LogP contribution is -2.14. The highest BCUT2D eigenvalue weighted by atomic mass is 35.5. The van der Waals surface area contributed by atoms with Crippen molar-refractivity contribution >= 4 is 23.5 Å². The summed E-state index contributed by atoms with van der Waals surface area (Å²) in [6.45, 7) is 4.16. The van der Waals surface area contributed by atoms with Crippen molar-refractivity contribution in [2.24, 2.45) is 0 Å². The molecule has 0 aliphatic rings. The van der Waals surface area contributed by atoms with Crippen LogP contribution in [0.5, 0.6) is 11.5 Å². The Morgan fingerprint density at radius 3 is 2.28 bits per heavy atom. The number of hydrogen-bond donors (Lipinski definition) is 0. The second kappa shape index (κ2) is 12.6. The first-order valence-electron chi connectivity index (χ1n) is 8.71. The summed E-state index contributed by atoms with van der Waals surface area (Å²) in [5.41, 5.74) is 0. The Hall–Kier alpha value is -1.75. The van der Waals surface area contributed by atoms with E-state index in [-0.39, 0.29) is 24.9 Å². The van der Waals surface area contributed by atoms with Gasteiger partial charge >= 0.3 is 11.9 Å². The number of alkyl halides is 1. The van der Waals surface area contributed by atoms with Gasteiger partial charge in [0.2, 0.25) is 0 Å². The van der Waals surface area contributed by atoms with Gasteiger partial charge in [-0.1, -0.05) is 25.0 Å². The third-order valence-corrected chi connectivity index (χ3v) is 3.53. The molecule has 0 aliphatic heterocycles. The molecule has 1 rings (SSSR count). The molecule has 0 amide bonds. The van der Waals surface area contributed by atoms with E-state index in [1.807, 2.05) is 13.8 Å². The van der Waals surface area contributed by atoms with Gasteiger partial charge in [0.25, 0.3) is 0 Å². The summed E-state index contributed by atoms with van der Waals surface area (Å²) >= 11 is 5.59. The molecule has 0 aliphatic carbocycles. The van der Waals surface area contributed by atoms with Crippen LogP contribution in [0.1, 0.15) is 52.4 Å². The van der Waals surface area contributed by atoms with Crippen LogP contribution in [0.25, 0.3) is 0 Å². The molecular weight excluding hydrogens is 344 g/mol. The van der Waals surface area contributed by atoms with Crippen molar-refractivity contribution in [2.75, 3.05) is 12.5 Å². The highest BCUT2D eigenvalue weighted by Gasteiger charge is 2.13. The molecular formula is C19H27ClO5. The summed E-state index contributed by atoms with van der Waals surface area (Å²) in [7, 11) is 0. The zero-order chi connectivity index (χ0) is 18.5. The molecule has 0 saturated carbocycles. The number of rotatable bonds is 12. The quantitative estimate of drug-likeness (QED) is 0.234. The molecule has 5 nitrogen and oxygen atoms in total. The fourth-order valence-electron chi connectivity index (χ4n) is 2.07. The zero-order valence-electron chi connectivity index (χ0n) is 15.0. The topological polar surface area (TPSA) is 61.8 Å². The first-order valence-corrected chi connectivity index (χ1v) is 9.24. The molecule has 0 atom stereocenters. The van der Waals surface area contributed by atoms with Crippen LogP contribution in [0.2, 0.25) is 0 Å². The van der Waals surface area contributed by atoms with Gasteiger partial charge in [-0.05, 0) is 38.8 Å². The van der Waals surface area contributed by atoms with Gasteiger partial charge in [0.1, 0.15) is 0 Å². The van der Waals surface area contributed by atoms with Gasteiger partial charge in [0.15, 0.2) is 11.5 Å². The average Bonchev–Trinajstić information content (AvgIpc) is 2.57. The molecule has 0 saturated heterocycles. The highest BCUT2D eigenvalue weighted by Crippen LogP contribution is 2.27. The zero-order valence-corrected chi connectivity index (χ0v) is 15.7. The average molecular weight is 371 g/mol. The lowest BCUT2D eigenvalue weighted by molar-refractivity contribution is -0.147. The Morgan fingerprint density at radius 2 is 1.60 bits per heavy atom. The number of halogens is 1. The second-order valence-corrected chi connectivity index (χ2v) is 6.29. The van der Waals surface area contributed by atoms with Crippen molar-refractivity contribution in [1.29, 1.82) is 0 Å². The monoisotopic (exact) mass is 370 g/mol. The first kappa shape index (κ1) is 21.3. The van der Waals surface area contributed by atoms with E-state index in [0.717, 1.165) is 25.7 Å². The van der Waals surface area contributed by atoms with E-state index >= 15 is 0 Å². The summed E-state index contributed by atoms with van der Waals surface area (Å²) in [6, 6.07) is 6.96. The molecule has 25 heavy (non-hydrogen) atoms. The van der Waals surface area contributed by atoms with Gasteiger partial charge in [-0.2, -0.15) is 0 Å². The van der Waals surface area contributed by atoms with Crippen molar-refractivity contribution < 1.29 is 23.8 Å². The Labute approximate surface area is 154 Å². The van der Waals surface area contributed by atoms with Gasteiger partial charge in [0, 0.05) is 5.88 Å². The van der Waals surface area contributed by atoms with Crippen LogP contribution in [0.3, 0.4) is 0 Å². The van der Waals surface area contributed by atoms with Crippen molar-refractivity contribution in [1.82, 2.24) is 0 Å². The van der Waals surface area contributed by atoms with Crippen molar-refractivity contribution in [3.8, 4) is 11.5 Å². The van der Waals surface area contributed by atoms with Gasteiger partial charge < -0.3 is 14.2 Å². The van der Waals surface area contributed by atoms with Crippen LogP contribution < -0.4 is 9.47 Å². The number of benzene rings is 1. The fraction of sp³-hybridized carbons (Fsp3) is 0.579. The minimum Gasteiger partial charge on any atom is -0.487 e. The van der Waals surface area contributed by atoms with E-state index in [9.17, 15) is 9.59 Å². The largest absolute Gasteiger partial charge is 0.487 e. The number of ether oxygens (including phenoxy) is 3. The van der Waals surface area contributed by atoms with E-state index in [1.54, 1.807) is 24.3 Å². The maximum atomic E-state index is 11.9. The molecule has 0 radical (unpaired) electrons. The summed E-state index contributed by atoms with van der Waals surface area (Å²) in [5.74, 6) is 0.645. The van der Waals surface area contributed by atoms with Crippen LogP contribution in [-0.2, 0) is 14.3 Å². The number of carbonyl (C=O) groups is 2. The van der Waals surface area contributed by atoms with Crippen molar-refractivity contribution in [2.45, 2.75) is 58.5 Å². The number of carbonyl (C=O) groups excluding carboxylic acids is 2. The summed E-state index contributed by atoms with van der Waals surface area (Å²) in [4.78, 5) is 23.5. The summed E-state index contributed by atoms with van der Waals surface area (Å²) in [5, 5.41) is 0. The molecule has 0 aromatic heterocycles. The third kappa shape index (κ3) is 9.97. The molecule has 6 heteroatoms. The molecule has 0 spiro atoms. The first-order chi connectivity index (χ1) is 12.0. The van der Waals surface area contributed by atoms with E-state index in [2.05, 4.69) is 0 Å². The molecule has 0 heterocycles. The maximum Gasteiger partial charge on any atom is 0.311 e. The number of hydrogen-bond acceptors (Lipinski definition) is 5. The number of para-hydroxylation sites is 2. The van der Waals surface area contributed by atoms with E-state index < -0.39 is 5.97 Å². The van der Waals surface area contributed by atoms with E-state index in [4.69, 9.17) is 25.8 Å². The normalized spacial score (nSPS) is 10.6. The predicted molar refractivity (Wildman–Crippen MR) is 97.2 cm³/mol. The molecule has 1 aromatic rings. The van der Waals surface area contributed by atoms with Crippen LogP contribution >= 0.6 is 11.6 Å². The van der Waals surface area contributed by atoms with Gasteiger partial charge in [-0.3, -0.25) is 9.59 Å². The summed E-state index contributed by atoms with van der Waals surface area (Å²) < 4.78 is 16.0. The molecule has 0 N–H and O–H groups in total. The maximum absolute atomic E-state index is 11.9. The number of esters is 2. The van der Waals surface area contributed by atoms with E-state index in [0.29, 0.717) is 24.0 Å². The molecule has 0 unspecified atom stereocenters. The smallest absolute Gasteiger partial charge is 0.311 e. The molecule has 1 aromatic carbocycles. The Bertz CT molecular complexity index is 530. The van der Waals surface area contributed by atoms with Crippen LogP contribution in [0, 0.1) is 0 Å². The Kier molecular flexibility index (Phi) is 10.7. The minimum absolute atomic E-state index is 0.00766. The van der Waals surface area contributed by atoms with E-state index in [1.165, 1.54) is 0 Å². The second-order valence-electron chi connectivity index (χ2n) is 5.91. The predicted octanol–water partition coefficient (Wildman–Crippen LogP) is 4.50. The standard InChI is InChI=1S/C19H27ClO5/c1-15(2)24-16-9-5-6-10-17(16)25-19(22)12-11-18(21)23-14-8-4-3-7-13-20/h5-6,9-10,15H,3-4,7-8,11-14H2,1-2H3. The Morgan fingerprint density at radius 1 is 0.960 bits per heavy atom. The highest BCUT2D eigenvalue weighted by molar-refractivity contribution is 6.17. The van der Waals surface area contributed by atoms with Crippen molar-refractivity contribution in [3.63, 3.8) is 0 Å². The minimum atomic E-state index is -0.487.